The first kappa shape index (κ1) is 29.2. The van der Waals surface area contributed by atoms with Crippen LogP contribution < -0.4 is 0 Å². The fourth-order valence-corrected chi connectivity index (χ4v) is 0.391. The number of carbonyl (C=O) groups is 2. The van der Waals surface area contributed by atoms with E-state index in [0.717, 1.165) is 0 Å². The van der Waals surface area contributed by atoms with Crippen LogP contribution in [0.15, 0.2) is 0 Å². The van der Waals surface area contributed by atoms with Crippen molar-refractivity contribution in [2.45, 2.75) is 19.3 Å². The van der Waals surface area contributed by atoms with Crippen LogP contribution in [-0.4, -0.2) is 22.2 Å². The Labute approximate surface area is 109 Å². The van der Waals surface area contributed by atoms with E-state index < -0.39 is 11.9 Å². The van der Waals surface area contributed by atoms with Gasteiger partial charge in [0, 0.05) is 33.9 Å². The van der Waals surface area contributed by atoms with Gasteiger partial charge in [-0.2, -0.15) is 0 Å². The zero-order valence-electron chi connectivity index (χ0n) is 6.47. The van der Waals surface area contributed by atoms with E-state index in [1.54, 1.807) is 0 Å². The average Bonchev–Trinajstić information content (AvgIpc) is 1.63. The minimum absolute atomic E-state index is 0. The van der Waals surface area contributed by atoms with Crippen LogP contribution in [-0.2, 0) is 30.7 Å². The van der Waals surface area contributed by atoms with Gasteiger partial charge in [0.2, 0.25) is 0 Å². The second-order valence-electron chi connectivity index (χ2n) is 1.64. The number of rotatable bonds is 4. The normalized spacial score (nSPS) is 6.15. The third-order valence-corrected chi connectivity index (χ3v) is 0.781. The zero-order valence-corrected chi connectivity index (χ0v) is 10.9. The van der Waals surface area contributed by atoms with Gasteiger partial charge < -0.3 is 10.2 Å². The van der Waals surface area contributed by atoms with Crippen LogP contribution in [0, 0.1) is 0 Å². The maximum atomic E-state index is 9.79. The van der Waals surface area contributed by atoms with Crippen molar-refractivity contribution < 1.29 is 40.9 Å². The van der Waals surface area contributed by atoms with Crippen molar-refractivity contribution in [3.63, 3.8) is 0 Å². The van der Waals surface area contributed by atoms with Crippen molar-refractivity contribution >= 4 is 49.2 Å². The van der Waals surface area contributed by atoms with Gasteiger partial charge in [0.05, 0.1) is 0 Å². The molecule has 4 nitrogen and oxygen atoms in total. The standard InChI is InChI=1S/C5H8O4.3ClH.Mo/c6-4(7)2-1-3-5(8)9;;;;/h1-3H2,(H,6,7)(H,8,9);3*1H;. The van der Waals surface area contributed by atoms with Gasteiger partial charge in [-0.15, -0.1) is 37.2 Å². The summed E-state index contributed by atoms with van der Waals surface area (Å²) in [5, 5.41) is 16.1. The Hall–Kier alpha value is 0.498. The molecule has 0 saturated carbocycles. The molecule has 0 heterocycles. The van der Waals surface area contributed by atoms with Gasteiger partial charge >= 0.3 is 11.9 Å². The van der Waals surface area contributed by atoms with Gasteiger partial charge in [-0.1, -0.05) is 0 Å². The molecule has 0 spiro atoms. The monoisotopic (exact) mass is 338 g/mol. The molecule has 0 aromatic rings. The van der Waals surface area contributed by atoms with Crippen LogP contribution in [0.1, 0.15) is 19.3 Å². The molecule has 0 unspecified atom stereocenters. The number of halogens is 3. The van der Waals surface area contributed by atoms with Gasteiger partial charge in [0.1, 0.15) is 0 Å². The van der Waals surface area contributed by atoms with E-state index in [-0.39, 0.29) is 77.5 Å². The summed E-state index contributed by atoms with van der Waals surface area (Å²) >= 11 is 0. The van der Waals surface area contributed by atoms with Crippen LogP contribution in [0.2, 0.25) is 0 Å². The molecule has 0 radical (unpaired) electrons. The number of carboxylic acid groups (broad SMARTS) is 2. The van der Waals surface area contributed by atoms with E-state index in [2.05, 4.69) is 0 Å². The van der Waals surface area contributed by atoms with E-state index in [0.29, 0.717) is 0 Å². The Morgan fingerprint density at radius 2 is 1.08 bits per heavy atom. The van der Waals surface area contributed by atoms with Gasteiger partial charge in [-0.3, -0.25) is 9.59 Å². The Bertz CT molecular complexity index is 119. The maximum Gasteiger partial charge on any atom is 0.303 e. The molecular weight excluding hydrogens is 326 g/mol. The molecule has 13 heavy (non-hydrogen) atoms. The number of hydrogen-bond donors (Lipinski definition) is 2. The van der Waals surface area contributed by atoms with Gasteiger partial charge in [-0.25, -0.2) is 0 Å². The third-order valence-electron chi connectivity index (χ3n) is 0.781. The molecule has 0 atom stereocenters. The molecule has 0 aliphatic carbocycles. The topological polar surface area (TPSA) is 74.6 Å². The van der Waals surface area contributed by atoms with E-state index in [1.807, 2.05) is 0 Å². The first-order chi connectivity index (χ1) is 4.13. The largest absolute Gasteiger partial charge is 0.481 e. The van der Waals surface area contributed by atoms with Gasteiger partial charge in [0.25, 0.3) is 0 Å². The third kappa shape index (κ3) is 32.6. The summed E-state index contributed by atoms with van der Waals surface area (Å²) in [4.78, 5) is 19.6. The molecule has 0 aliphatic rings. The summed E-state index contributed by atoms with van der Waals surface area (Å²) < 4.78 is 0. The fraction of sp³-hybridized carbons (Fsp3) is 0.600. The molecular formula is C5H11Cl3MoO4. The SMILES string of the molecule is Cl.Cl.Cl.O=C(O)CCCC(=O)O.[Mo]. The smallest absolute Gasteiger partial charge is 0.303 e. The van der Waals surface area contributed by atoms with Crippen LogP contribution in [0.4, 0.5) is 0 Å². The molecule has 0 bridgehead atoms. The molecule has 0 rings (SSSR count). The zero-order chi connectivity index (χ0) is 7.28. The molecule has 0 aromatic carbocycles. The van der Waals surface area contributed by atoms with Crippen molar-refractivity contribution in [1.29, 1.82) is 0 Å². The van der Waals surface area contributed by atoms with Crippen molar-refractivity contribution in [3.05, 3.63) is 0 Å². The van der Waals surface area contributed by atoms with Crippen LogP contribution in [0.25, 0.3) is 0 Å². The summed E-state index contributed by atoms with van der Waals surface area (Å²) in [7, 11) is 0. The molecule has 0 aliphatic heterocycles. The molecule has 2 N–H and O–H groups in total. The summed E-state index contributed by atoms with van der Waals surface area (Å²) in [6.07, 6.45) is 0.0866. The van der Waals surface area contributed by atoms with Crippen molar-refractivity contribution in [2.24, 2.45) is 0 Å². The quantitative estimate of drug-likeness (QED) is 0.764. The Kier molecular flexibility index (Phi) is 41.1. The molecule has 82 valence electrons. The summed E-state index contributed by atoms with van der Waals surface area (Å²) in [6.45, 7) is 0. The van der Waals surface area contributed by atoms with Crippen molar-refractivity contribution in [3.8, 4) is 0 Å². The number of aliphatic carboxylic acids is 2. The van der Waals surface area contributed by atoms with Crippen LogP contribution in [0.5, 0.6) is 0 Å². The number of hydrogen-bond acceptors (Lipinski definition) is 2. The van der Waals surface area contributed by atoms with E-state index in [9.17, 15) is 9.59 Å². The Morgan fingerprint density at radius 1 is 0.846 bits per heavy atom. The molecule has 0 fully saturated rings. The maximum absolute atomic E-state index is 9.79. The van der Waals surface area contributed by atoms with E-state index in [1.165, 1.54) is 0 Å². The summed E-state index contributed by atoms with van der Waals surface area (Å²) in [6, 6.07) is 0. The van der Waals surface area contributed by atoms with E-state index >= 15 is 0 Å². The number of carboxylic acids is 2. The second-order valence-corrected chi connectivity index (χ2v) is 1.64. The predicted molar refractivity (Wildman–Crippen MR) is 50.9 cm³/mol. The Balaban J connectivity index is -0.0000000533. The summed E-state index contributed by atoms with van der Waals surface area (Å²) in [5.74, 6) is -1.90. The van der Waals surface area contributed by atoms with Crippen molar-refractivity contribution in [1.82, 2.24) is 0 Å². The molecule has 0 aromatic heterocycles. The minimum atomic E-state index is -0.948. The fourth-order valence-electron chi connectivity index (χ4n) is 0.391. The molecule has 0 saturated heterocycles. The first-order valence-corrected chi connectivity index (χ1v) is 2.56. The Morgan fingerprint density at radius 3 is 1.23 bits per heavy atom. The van der Waals surface area contributed by atoms with Crippen LogP contribution in [0.3, 0.4) is 0 Å². The van der Waals surface area contributed by atoms with Crippen LogP contribution >= 0.6 is 37.2 Å². The first-order valence-electron chi connectivity index (χ1n) is 2.56. The summed E-state index contributed by atoms with van der Waals surface area (Å²) in [5.41, 5.74) is 0. The van der Waals surface area contributed by atoms with Crippen molar-refractivity contribution in [2.75, 3.05) is 0 Å². The average molecular weight is 337 g/mol. The van der Waals surface area contributed by atoms with Gasteiger partial charge in [0.15, 0.2) is 0 Å². The van der Waals surface area contributed by atoms with E-state index in [4.69, 9.17) is 10.2 Å². The van der Waals surface area contributed by atoms with Gasteiger partial charge in [-0.05, 0) is 6.42 Å². The second kappa shape index (κ2) is 18.3. The molecule has 0 amide bonds. The minimum Gasteiger partial charge on any atom is -0.481 e. The predicted octanol–water partition coefficient (Wildman–Crippen LogP) is 1.59. The molecule has 8 heteroatoms.